The summed E-state index contributed by atoms with van der Waals surface area (Å²) in [6.07, 6.45) is 1.81. The van der Waals surface area contributed by atoms with Crippen LogP contribution >= 0.6 is 0 Å². The normalized spacial score (nSPS) is 17.1. The molecule has 0 spiro atoms. The monoisotopic (exact) mass is 193 g/mol. The summed E-state index contributed by atoms with van der Waals surface area (Å²) in [5.74, 6) is 0. The molecule has 1 saturated heterocycles. The van der Waals surface area contributed by atoms with Crippen molar-refractivity contribution in [1.29, 1.82) is 0 Å². The van der Waals surface area contributed by atoms with Gasteiger partial charge in [0.1, 0.15) is 0 Å². The van der Waals surface area contributed by atoms with E-state index in [1.165, 1.54) is 5.69 Å². The van der Waals surface area contributed by atoms with Crippen LogP contribution in [0.3, 0.4) is 0 Å². The van der Waals surface area contributed by atoms with Crippen molar-refractivity contribution in [3.8, 4) is 0 Å². The molecule has 4 nitrogen and oxygen atoms in total. The fourth-order valence-corrected chi connectivity index (χ4v) is 1.60. The highest BCUT2D eigenvalue weighted by Gasteiger charge is 2.10. The van der Waals surface area contributed by atoms with Crippen LogP contribution in [0.1, 0.15) is 5.69 Å². The third kappa shape index (κ3) is 2.02. The first-order valence-electron chi connectivity index (χ1n) is 4.88. The van der Waals surface area contributed by atoms with Crippen molar-refractivity contribution in [1.82, 2.24) is 4.98 Å². The average Bonchev–Trinajstić information content (AvgIpc) is 2.30. The number of nitrogens with two attached hydrogens (primary N) is 1. The summed E-state index contributed by atoms with van der Waals surface area (Å²) in [7, 11) is 0. The Balaban J connectivity index is 2.13. The molecule has 2 N–H and O–H groups in total. The van der Waals surface area contributed by atoms with Crippen LogP contribution in [0.25, 0.3) is 0 Å². The zero-order valence-corrected chi connectivity index (χ0v) is 8.15. The lowest BCUT2D eigenvalue weighted by Gasteiger charge is -2.28. The third-order valence-corrected chi connectivity index (χ3v) is 2.39. The van der Waals surface area contributed by atoms with Gasteiger partial charge in [-0.15, -0.1) is 0 Å². The number of rotatable bonds is 2. The van der Waals surface area contributed by atoms with E-state index in [1.54, 1.807) is 0 Å². The number of aromatic nitrogens is 1. The predicted molar refractivity (Wildman–Crippen MR) is 55.2 cm³/mol. The zero-order valence-electron chi connectivity index (χ0n) is 8.15. The number of morpholine rings is 1. The van der Waals surface area contributed by atoms with E-state index in [2.05, 4.69) is 9.88 Å². The fourth-order valence-electron chi connectivity index (χ4n) is 1.60. The molecule has 1 aromatic rings. The minimum atomic E-state index is 0.498. The van der Waals surface area contributed by atoms with Gasteiger partial charge in [-0.1, -0.05) is 0 Å². The lowest BCUT2D eigenvalue weighted by Crippen LogP contribution is -2.36. The second kappa shape index (κ2) is 4.39. The van der Waals surface area contributed by atoms with Gasteiger partial charge in [0.05, 0.1) is 18.9 Å². The Labute approximate surface area is 83.7 Å². The molecule has 0 saturated carbocycles. The van der Waals surface area contributed by atoms with Crippen molar-refractivity contribution in [3.63, 3.8) is 0 Å². The van der Waals surface area contributed by atoms with E-state index >= 15 is 0 Å². The SMILES string of the molecule is NCc1cc(N2CCOCC2)ccn1. The van der Waals surface area contributed by atoms with E-state index in [0.717, 1.165) is 32.0 Å². The Morgan fingerprint density at radius 2 is 2.21 bits per heavy atom. The van der Waals surface area contributed by atoms with Crippen molar-refractivity contribution < 1.29 is 4.74 Å². The highest BCUT2D eigenvalue weighted by atomic mass is 16.5. The quantitative estimate of drug-likeness (QED) is 0.737. The Hall–Kier alpha value is -1.13. The molecule has 0 amide bonds. The highest BCUT2D eigenvalue weighted by Crippen LogP contribution is 2.15. The minimum absolute atomic E-state index is 0.498. The lowest BCUT2D eigenvalue weighted by atomic mass is 10.2. The minimum Gasteiger partial charge on any atom is -0.378 e. The van der Waals surface area contributed by atoms with Gasteiger partial charge in [-0.2, -0.15) is 0 Å². The predicted octanol–water partition coefficient (Wildman–Crippen LogP) is 0.377. The van der Waals surface area contributed by atoms with E-state index in [0.29, 0.717) is 6.54 Å². The molecule has 1 aromatic heterocycles. The number of nitrogens with zero attached hydrogens (tertiary/aromatic N) is 2. The molecular formula is C10H15N3O. The van der Waals surface area contributed by atoms with E-state index < -0.39 is 0 Å². The molecule has 0 aromatic carbocycles. The first-order valence-corrected chi connectivity index (χ1v) is 4.88. The maximum atomic E-state index is 5.54. The second-order valence-electron chi connectivity index (χ2n) is 3.31. The maximum absolute atomic E-state index is 5.54. The molecule has 0 aliphatic carbocycles. The molecule has 76 valence electrons. The Morgan fingerprint density at radius 1 is 1.43 bits per heavy atom. The standard InChI is InChI=1S/C10H15N3O/c11-8-9-7-10(1-2-12-9)13-3-5-14-6-4-13/h1-2,7H,3-6,8,11H2. The molecule has 4 heteroatoms. The average molecular weight is 193 g/mol. The largest absolute Gasteiger partial charge is 0.378 e. The van der Waals surface area contributed by atoms with Crippen LogP contribution in [-0.2, 0) is 11.3 Å². The Bertz CT molecular complexity index is 297. The molecule has 1 fully saturated rings. The molecule has 1 aliphatic heterocycles. The fraction of sp³-hybridized carbons (Fsp3) is 0.500. The van der Waals surface area contributed by atoms with Gasteiger partial charge in [-0.25, -0.2) is 0 Å². The summed E-state index contributed by atoms with van der Waals surface area (Å²) in [5, 5.41) is 0. The molecular weight excluding hydrogens is 178 g/mol. The molecule has 0 unspecified atom stereocenters. The Morgan fingerprint density at radius 3 is 2.93 bits per heavy atom. The Kier molecular flexibility index (Phi) is 2.96. The molecule has 0 atom stereocenters. The summed E-state index contributed by atoms with van der Waals surface area (Å²) in [5.41, 5.74) is 7.68. The van der Waals surface area contributed by atoms with E-state index in [1.807, 2.05) is 18.3 Å². The van der Waals surface area contributed by atoms with E-state index in [4.69, 9.17) is 10.5 Å². The number of pyridine rings is 1. The summed E-state index contributed by atoms with van der Waals surface area (Å²) < 4.78 is 5.30. The van der Waals surface area contributed by atoms with Crippen LogP contribution in [0.2, 0.25) is 0 Å². The summed E-state index contributed by atoms with van der Waals surface area (Å²) in [6, 6.07) is 4.07. The van der Waals surface area contributed by atoms with Crippen molar-refractivity contribution in [3.05, 3.63) is 24.0 Å². The topological polar surface area (TPSA) is 51.4 Å². The first-order chi connectivity index (χ1) is 6.90. The van der Waals surface area contributed by atoms with Gasteiger partial charge in [0.2, 0.25) is 0 Å². The van der Waals surface area contributed by atoms with Crippen LogP contribution in [0.15, 0.2) is 18.3 Å². The second-order valence-corrected chi connectivity index (χ2v) is 3.31. The van der Waals surface area contributed by atoms with Gasteiger partial charge in [0.15, 0.2) is 0 Å². The number of hydrogen-bond donors (Lipinski definition) is 1. The molecule has 14 heavy (non-hydrogen) atoms. The van der Waals surface area contributed by atoms with Crippen LogP contribution in [0, 0.1) is 0 Å². The van der Waals surface area contributed by atoms with Crippen molar-refractivity contribution in [2.24, 2.45) is 5.73 Å². The summed E-state index contributed by atoms with van der Waals surface area (Å²) >= 11 is 0. The first kappa shape index (κ1) is 9.43. The zero-order chi connectivity index (χ0) is 9.80. The smallest absolute Gasteiger partial charge is 0.0642 e. The van der Waals surface area contributed by atoms with E-state index in [-0.39, 0.29) is 0 Å². The van der Waals surface area contributed by atoms with Gasteiger partial charge in [-0.05, 0) is 12.1 Å². The van der Waals surface area contributed by atoms with Gasteiger partial charge < -0.3 is 15.4 Å². The number of hydrogen-bond acceptors (Lipinski definition) is 4. The molecule has 1 aliphatic rings. The van der Waals surface area contributed by atoms with Crippen LogP contribution in [0.5, 0.6) is 0 Å². The molecule has 0 radical (unpaired) electrons. The summed E-state index contributed by atoms with van der Waals surface area (Å²) in [6.45, 7) is 4.01. The van der Waals surface area contributed by atoms with Gasteiger partial charge in [-0.3, -0.25) is 4.98 Å². The van der Waals surface area contributed by atoms with Gasteiger partial charge in [0.25, 0.3) is 0 Å². The summed E-state index contributed by atoms with van der Waals surface area (Å²) in [4.78, 5) is 6.47. The number of anilines is 1. The van der Waals surface area contributed by atoms with Crippen molar-refractivity contribution in [2.75, 3.05) is 31.2 Å². The third-order valence-electron chi connectivity index (χ3n) is 2.39. The molecule has 2 rings (SSSR count). The maximum Gasteiger partial charge on any atom is 0.0642 e. The van der Waals surface area contributed by atoms with Gasteiger partial charge in [0, 0.05) is 31.5 Å². The highest BCUT2D eigenvalue weighted by molar-refractivity contribution is 5.46. The van der Waals surface area contributed by atoms with Crippen LogP contribution in [0.4, 0.5) is 5.69 Å². The molecule has 2 heterocycles. The van der Waals surface area contributed by atoms with Crippen molar-refractivity contribution in [2.45, 2.75) is 6.54 Å². The van der Waals surface area contributed by atoms with E-state index in [9.17, 15) is 0 Å². The lowest BCUT2D eigenvalue weighted by molar-refractivity contribution is 0.122. The van der Waals surface area contributed by atoms with Crippen LogP contribution in [-0.4, -0.2) is 31.3 Å². The van der Waals surface area contributed by atoms with Crippen LogP contribution < -0.4 is 10.6 Å². The van der Waals surface area contributed by atoms with Crippen molar-refractivity contribution >= 4 is 5.69 Å². The van der Waals surface area contributed by atoms with Gasteiger partial charge >= 0.3 is 0 Å². The molecule has 0 bridgehead atoms. The number of ether oxygens (including phenoxy) is 1.